The maximum absolute atomic E-state index is 15.5. The number of hydrogen-bond acceptors (Lipinski definition) is 14. The van der Waals surface area contributed by atoms with E-state index >= 15 is 9.59 Å². The molecular weight excluding hydrogens is 1000 g/mol. The number of aryl methyl sites for hydroxylation is 1. The number of piperidine rings is 1. The SMILES string of the molecule is CCn1c(-c2cc(C3CCNCC3)cnc2[C@H](C)OC)c(CC(C)(C)COC=O)c2cc(N(CCO)CC[C@H]([C@H](NC(=O)[C@@H]3C(C)C(C)CN(C(=O)N(C)C)C[C@@H]4CCCN43)C(=O)N3CCCCN3)N3CC4(COC4)C3)ccc21. The number of ether oxygens (including phenoxy) is 3. The van der Waals surface area contributed by atoms with Crippen molar-refractivity contribution in [3.63, 3.8) is 0 Å². The van der Waals surface area contributed by atoms with Crippen molar-refractivity contribution in [2.75, 3.05) is 125 Å². The molecule has 436 valence electrons. The summed E-state index contributed by atoms with van der Waals surface area (Å²) in [6, 6.07) is 7.26. The van der Waals surface area contributed by atoms with Crippen molar-refractivity contribution in [3.8, 4) is 11.3 Å². The topological polar surface area (TPSA) is 190 Å². The number of aliphatic hydroxyl groups excluding tert-OH is 1. The monoisotopic (exact) mass is 1100 g/mol. The number of benzene rings is 1. The Bertz CT molecular complexity index is 2590. The summed E-state index contributed by atoms with van der Waals surface area (Å²) in [5.41, 5.74) is 10.3. The molecule has 4 N–H and O–H groups in total. The molecule has 1 spiro atoms. The van der Waals surface area contributed by atoms with Gasteiger partial charge in [0.2, 0.25) is 5.91 Å². The zero-order chi connectivity index (χ0) is 56.2. The molecule has 9 rings (SSSR count). The molecule has 6 aliphatic rings. The first-order chi connectivity index (χ1) is 38.0. The highest BCUT2D eigenvalue weighted by Crippen LogP contribution is 2.44. The zero-order valence-corrected chi connectivity index (χ0v) is 48.9. The van der Waals surface area contributed by atoms with Gasteiger partial charge in [0.05, 0.1) is 50.0 Å². The number of pyridine rings is 1. The number of carbonyl (C=O) groups is 4. The number of nitrogens with zero attached hydrogens (tertiary/aromatic N) is 8. The molecule has 6 saturated heterocycles. The van der Waals surface area contributed by atoms with Gasteiger partial charge in [-0.05, 0) is 138 Å². The van der Waals surface area contributed by atoms with Gasteiger partial charge in [0, 0.05) is 131 Å². The van der Waals surface area contributed by atoms with E-state index in [0.717, 1.165) is 110 Å². The van der Waals surface area contributed by atoms with Crippen LogP contribution in [0.5, 0.6) is 0 Å². The predicted molar refractivity (Wildman–Crippen MR) is 307 cm³/mol. The van der Waals surface area contributed by atoms with Gasteiger partial charge >= 0.3 is 6.03 Å². The second kappa shape index (κ2) is 25.5. The van der Waals surface area contributed by atoms with E-state index in [1.807, 2.05) is 18.0 Å². The average molecular weight is 1100 g/mol. The fourth-order valence-corrected chi connectivity index (χ4v) is 14.0. The number of nitrogens with one attached hydrogen (secondary N) is 3. The largest absolute Gasteiger partial charge is 0.467 e. The summed E-state index contributed by atoms with van der Waals surface area (Å²) < 4.78 is 19.7. The van der Waals surface area contributed by atoms with Crippen molar-refractivity contribution in [1.29, 1.82) is 0 Å². The quantitative estimate of drug-likeness (QED) is 0.101. The molecule has 6 fully saturated rings. The van der Waals surface area contributed by atoms with Gasteiger partial charge in [0.15, 0.2) is 0 Å². The molecule has 79 heavy (non-hydrogen) atoms. The van der Waals surface area contributed by atoms with E-state index in [2.05, 4.69) is 94.2 Å². The van der Waals surface area contributed by atoms with Gasteiger partial charge < -0.3 is 49.2 Å². The summed E-state index contributed by atoms with van der Waals surface area (Å²) in [7, 11) is 5.32. The van der Waals surface area contributed by atoms with Crippen LogP contribution in [0.2, 0.25) is 0 Å². The van der Waals surface area contributed by atoms with Crippen LogP contribution in [0.3, 0.4) is 0 Å². The summed E-state index contributed by atoms with van der Waals surface area (Å²) in [6.45, 7) is 22.9. The molecule has 2 aromatic heterocycles. The molecule has 0 aliphatic carbocycles. The van der Waals surface area contributed by atoms with Crippen LogP contribution >= 0.6 is 0 Å². The third kappa shape index (κ3) is 12.6. The Kier molecular flexibility index (Phi) is 19.0. The summed E-state index contributed by atoms with van der Waals surface area (Å²) >= 11 is 0. The first kappa shape index (κ1) is 58.8. The molecule has 7 atom stereocenters. The molecule has 3 aromatic rings. The van der Waals surface area contributed by atoms with Crippen LogP contribution in [0.25, 0.3) is 22.2 Å². The first-order valence-electron chi connectivity index (χ1n) is 29.7. The van der Waals surface area contributed by atoms with Gasteiger partial charge in [0.1, 0.15) is 6.04 Å². The fraction of sp³-hybridized carbons (Fsp3) is 0.717. The van der Waals surface area contributed by atoms with Crippen LogP contribution in [0, 0.1) is 22.7 Å². The van der Waals surface area contributed by atoms with E-state index in [0.29, 0.717) is 84.3 Å². The predicted octanol–water partition coefficient (Wildman–Crippen LogP) is 5.24. The van der Waals surface area contributed by atoms with Crippen molar-refractivity contribution in [2.45, 2.75) is 136 Å². The maximum atomic E-state index is 15.5. The van der Waals surface area contributed by atoms with Crippen molar-refractivity contribution >= 4 is 40.9 Å². The highest BCUT2D eigenvalue weighted by molar-refractivity contribution is 5.95. The fourth-order valence-electron chi connectivity index (χ4n) is 14.0. The van der Waals surface area contributed by atoms with Crippen LogP contribution in [0.4, 0.5) is 10.5 Å². The minimum atomic E-state index is -0.864. The third-order valence-corrected chi connectivity index (χ3v) is 18.6. The minimum Gasteiger partial charge on any atom is -0.467 e. The van der Waals surface area contributed by atoms with Crippen molar-refractivity contribution < 1.29 is 38.5 Å². The van der Waals surface area contributed by atoms with Gasteiger partial charge in [0.25, 0.3) is 12.4 Å². The molecular formula is C60H93N11O8. The van der Waals surface area contributed by atoms with Gasteiger partial charge in [-0.2, -0.15) is 0 Å². The van der Waals surface area contributed by atoms with E-state index in [1.54, 1.807) is 31.1 Å². The van der Waals surface area contributed by atoms with Crippen LogP contribution in [-0.4, -0.2) is 207 Å². The van der Waals surface area contributed by atoms with Crippen LogP contribution in [0.1, 0.15) is 115 Å². The highest BCUT2D eigenvalue weighted by Gasteiger charge is 2.54. The molecule has 6 aliphatic heterocycles. The molecule has 0 bridgehead atoms. The lowest BCUT2D eigenvalue weighted by atomic mass is 9.76. The lowest BCUT2D eigenvalue weighted by Gasteiger charge is -2.58. The summed E-state index contributed by atoms with van der Waals surface area (Å²) in [5.74, 6) is 0.0294. The van der Waals surface area contributed by atoms with Crippen LogP contribution in [-0.2, 0) is 41.6 Å². The average Bonchev–Trinajstić information content (AvgIpc) is 4.28. The van der Waals surface area contributed by atoms with E-state index in [9.17, 15) is 14.7 Å². The van der Waals surface area contributed by atoms with Gasteiger partial charge in [-0.25, -0.2) is 10.2 Å². The number of amides is 4. The van der Waals surface area contributed by atoms with Gasteiger partial charge in [-0.1, -0.05) is 27.7 Å². The van der Waals surface area contributed by atoms with E-state index in [4.69, 9.17) is 19.2 Å². The van der Waals surface area contributed by atoms with E-state index in [-0.39, 0.29) is 66.5 Å². The van der Waals surface area contributed by atoms with Crippen molar-refractivity contribution in [2.24, 2.45) is 22.7 Å². The second-order valence-corrected chi connectivity index (χ2v) is 25.1. The number of methoxy groups -OCH3 is 1. The Morgan fingerprint density at radius 3 is 2.46 bits per heavy atom. The normalized spacial score (nSPS) is 24.2. The standard InChI is InChI=1S/C60H93N11O8/c1-10-69-50-16-15-45(29-47(50)49(30-59(5,6)36-79-39-73)55(69)48-28-44(43-17-21-61-22-18-43)31-62-52(48)42(4)77-9)66(26-27-72)25-19-51(68-34-60(35-68)37-78-38-60)53(57(75)71-24-12-11-20-63-71)64-56(74)54-41(3)40(2)32-67(58(76)65(7)8)33-46-14-13-23-70(46)54/h15-16,28-29,31,39-43,46,51,53-54,61,63,72H,10-14,17-27,30,32-38H2,1-9H3,(H,64,74)/t40?,41?,42-,46-,51+,53-,54-/m0/s1. The molecule has 2 unspecified atom stereocenters. The first-order valence-corrected chi connectivity index (χ1v) is 29.7. The molecule has 0 saturated carbocycles. The lowest BCUT2D eigenvalue weighted by molar-refractivity contribution is -0.202. The molecule has 0 radical (unpaired) electrons. The Balaban J connectivity index is 1.09. The molecule has 8 heterocycles. The highest BCUT2D eigenvalue weighted by atomic mass is 16.5. The van der Waals surface area contributed by atoms with E-state index < -0.39 is 17.5 Å². The Morgan fingerprint density at radius 1 is 1.03 bits per heavy atom. The van der Waals surface area contributed by atoms with Gasteiger partial charge in [-0.3, -0.25) is 34.2 Å². The zero-order valence-electron chi connectivity index (χ0n) is 48.9. The summed E-state index contributed by atoms with van der Waals surface area (Å²) in [5, 5.41) is 20.7. The number of rotatable bonds is 21. The summed E-state index contributed by atoms with van der Waals surface area (Å²) in [4.78, 5) is 71.7. The molecule has 19 heteroatoms. The number of fused-ring (bicyclic) bond motifs is 2. The van der Waals surface area contributed by atoms with Crippen molar-refractivity contribution in [3.05, 3.63) is 47.3 Å². The maximum Gasteiger partial charge on any atom is 0.319 e. The Morgan fingerprint density at radius 2 is 1.80 bits per heavy atom. The lowest BCUT2D eigenvalue weighted by Crippen LogP contribution is -2.73. The number of hydrazine groups is 1. The second-order valence-electron chi connectivity index (χ2n) is 25.1. The number of aromatic nitrogens is 2. The number of urea groups is 1. The summed E-state index contributed by atoms with van der Waals surface area (Å²) in [6.07, 6.45) is 8.62. The third-order valence-electron chi connectivity index (χ3n) is 18.6. The number of likely N-dealkylation sites (tertiary alicyclic amines) is 1. The number of anilines is 1. The molecule has 1 aromatic carbocycles. The molecule has 19 nitrogen and oxygen atoms in total. The Labute approximate surface area is 469 Å². The van der Waals surface area contributed by atoms with Crippen molar-refractivity contribution in [1.82, 2.24) is 50.2 Å². The number of carbonyl (C=O) groups excluding carboxylic acids is 4. The van der Waals surface area contributed by atoms with Crippen LogP contribution in [0.15, 0.2) is 30.5 Å². The number of hydrogen-bond donors (Lipinski definition) is 4. The smallest absolute Gasteiger partial charge is 0.319 e. The number of aliphatic hydroxyl groups is 1. The van der Waals surface area contributed by atoms with Crippen LogP contribution < -0.4 is 21.0 Å². The van der Waals surface area contributed by atoms with E-state index in [1.165, 1.54) is 5.56 Å². The van der Waals surface area contributed by atoms with Gasteiger partial charge in [-0.15, -0.1) is 0 Å². The minimum absolute atomic E-state index is 0.0114. The Hall–Kier alpha value is -4.89. The molecule has 4 amide bonds.